The van der Waals surface area contributed by atoms with Gasteiger partial charge in [0.2, 0.25) is 14.1 Å². The smallest absolute Gasteiger partial charge is 0.406 e. The highest BCUT2D eigenvalue weighted by molar-refractivity contribution is 6.84. The van der Waals surface area contributed by atoms with Crippen molar-refractivity contribution < 1.29 is 52.7 Å². The lowest BCUT2D eigenvalue weighted by atomic mass is 10.2. The Morgan fingerprint density at radius 1 is 0.800 bits per heavy atom. The maximum Gasteiger partial charge on any atom is 0.425 e. The fourth-order valence-electron chi connectivity index (χ4n) is 1.79. The predicted molar refractivity (Wildman–Crippen MR) is 65.2 cm³/mol. The fraction of sp³-hybridized carbons (Fsp3) is 0.500. The van der Waals surface area contributed by atoms with Crippen molar-refractivity contribution in [2.45, 2.75) is 31.4 Å². The van der Waals surface area contributed by atoms with Crippen molar-refractivity contribution in [3.63, 3.8) is 0 Å². The van der Waals surface area contributed by atoms with Crippen molar-refractivity contribution in [2.75, 3.05) is 6.61 Å². The van der Waals surface area contributed by atoms with Gasteiger partial charge in [-0.3, -0.25) is 0 Å². The van der Waals surface area contributed by atoms with Crippen LogP contribution in [0.3, 0.4) is 0 Å². The first kappa shape index (κ1) is 21.7. The molecule has 13 heteroatoms. The summed E-state index contributed by atoms with van der Waals surface area (Å²) in [5.41, 5.74) is 0. The molecule has 144 valence electrons. The fourth-order valence-corrected chi connectivity index (χ4v) is 3.77. The minimum Gasteiger partial charge on any atom is -0.406 e. The average molecular weight is 406 g/mol. The third kappa shape index (κ3) is 4.24. The van der Waals surface area contributed by atoms with E-state index in [2.05, 4.69) is 4.43 Å². The molecule has 1 unspecified atom stereocenters. The molecule has 0 spiro atoms. The Bertz CT molecular complexity index is 626. The van der Waals surface area contributed by atoms with Gasteiger partial charge in [0.05, 0.1) is 0 Å². The van der Waals surface area contributed by atoms with Gasteiger partial charge in [0.15, 0.2) is 23.3 Å². The highest BCUT2D eigenvalue weighted by Gasteiger charge is 2.57. The molecule has 0 aliphatic rings. The van der Waals surface area contributed by atoms with Crippen LogP contribution in [0.4, 0.5) is 48.3 Å². The third-order valence-corrected chi connectivity index (χ3v) is 5.60. The van der Waals surface area contributed by atoms with E-state index < -0.39 is 67.5 Å². The Balaban J connectivity index is 3.20. The number of hydrogen-bond donors (Lipinski definition) is 0. The summed E-state index contributed by atoms with van der Waals surface area (Å²) in [5.74, 6) is -17.1. The zero-order chi connectivity index (χ0) is 20.0. The normalized spacial score (nSPS) is 14.8. The Morgan fingerprint density at radius 2 is 1.16 bits per heavy atom. The number of alkyl halides is 6. The van der Waals surface area contributed by atoms with Crippen molar-refractivity contribution in [3.8, 4) is 0 Å². The molecule has 0 aromatic heterocycles. The second-order valence-corrected chi connectivity index (χ2v) is 9.22. The Hall–Kier alpha value is -1.37. The molecule has 0 saturated heterocycles. The van der Waals surface area contributed by atoms with Crippen LogP contribution in [0.2, 0.25) is 13.1 Å². The minimum atomic E-state index is -5.94. The molecule has 0 N–H and O–H groups in total. The minimum absolute atomic E-state index is 0.697. The standard InChI is InChI=1S/C12H9F11OSi/c1-25(2,24-3-11(19,20)10(18)12(21,22)23)9-7(16)5(14)4(13)6(15)8(9)17/h10H,3H2,1-2H3. The van der Waals surface area contributed by atoms with Gasteiger partial charge in [-0.1, -0.05) is 0 Å². The molecule has 0 amide bonds. The molecule has 0 bridgehead atoms. The number of benzene rings is 1. The summed E-state index contributed by atoms with van der Waals surface area (Å²) in [7, 11) is -4.38. The molecule has 1 aromatic carbocycles. The molecule has 1 rings (SSSR count). The quantitative estimate of drug-likeness (QED) is 0.306. The van der Waals surface area contributed by atoms with Crippen molar-refractivity contribution >= 4 is 13.5 Å². The SMILES string of the molecule is C[Si](C)(OCC(F)(F)C(F)C(F)(F)F)c1c(F)c(F)c(F)c(F)c1F. The van der Waals surface area contributed by atoms with E-state index in [0.717, 1.165) is 0 Å². The van der Waals surface area contributed by atoms with Gasteiger partial charge in [0.25, 0.3) is 6.17 Å². The van der Waals surface area contributed by atoms with Crippen molar-refractivity contribution in [1.29, 1.82) is 0 Å². The van der Waals surface area contributed by atoms with Gasteiger partial charge in [-0.05, 0) is 13.1 Å². The molecular weight excluding hydrogens is 397 g/mol. The van der Waals surface area contributed by atoms with Gasteiger partial charge in [0.1, 0.15) is 6.61 Å². The van der Waals surface area contributed by atoms with Crippen LogP contribution in [0, 0.1) is 29.1 Å². The van der Waals surface area contributed by atoms with Crippen molar-refractivity contribution in [1.82, 2.24) is 0 Å². The van der Waals surface area contributed by atoms with Crippen LogP contribution in [0.5, 0.6) is 0 Å². The zero-order valence-corrected chi connectivity index (χ0v) is 13.4. The summed E-state index contributed by atoms with van der Waals surface area (Å²) in [5, 5.41) is -1.55. The highest BCUT2D eigenvalue weighted by atomic mass is 28.4. The molecule has 0 heterocycles. The Labute approximate surface area is 134 Å². The summed E-state index contributed by atoms with van der Waals surface area (Å²) < 4.78 is 146. The molecule has 0 radical (unpaired) electrons. The largest absolute Gasteiger partial charge is 0.425 e. The summed E-state index contributed by atoms with van der Waals surface area (Å²) in [6.07, 6.45) is -10.6. The van der Waals surface area contributed by atoms with Gasteiger partial charge in [-0.2, -0.15) is 13.2 Å². The molecule has 25 heavy (non-hydrogen) atoms. The second kappa shape index (κ2) is 6.74. The van der Waals surface area contributed by atoms with E-state index in [1.54, 1.807) is 0 Å². The Kier molecular flexibility index (Phi) is 5.84. The predicted octanol–water partition coefficient (Wildman–Crippen LogP) is 4.35. The van der Waals surface area contributed by atoms with Crippen LogP contribution < -0.4 is 5.19 Å². The maximum atomic E-state index is 13.7. The van der Waals surface area contributed by atoms with Crippen LogP contribution >= 0.6 is 0 Å². The molecule has 0 aliphatic heterocycles. The van der Waals surface area contributed by atoms with E-state index >= 15 is 0 Å². The van der Waals surface area contributed by atoms with E-state index in [9.17, 15) is 48.3 Å². The van der Waals surface area contributed by atoms with Gasteiger partial charge >= 0.3 is 12.1 Å². The number of halogens is 11. The summed E-state index contributed by atoms with van der Waals surface area (Å²) in [4.78, 5) is 0. The molecule has 1 aromatic rings. The summed E-state index contributed by atoms with van der Waals surface area (Å²) in [6.45, 7) is -0.878. The molecule has 1 atom stereocenters. The van der Waals surface area contributed by atoms with Crippen LogP contribution in [0.25, 0.3) is 0 Å². The highest BCUT2D eigenvalue weighted by Crippen LogP contribution is 2.35. The van der Waals surface area contributed by atoms with Crippen LogP contribution in [0.1, 0.15) is 0 Å². The lowest BCUT2D eigenvalue weighted by Crippen LogP contribution is -2.54. The lowest BCUT2D eigenvalue weighted by Gasteiger charge is -2.29. The third-order valence-electron chi connectivity index (χ3n) is 3.10. The van der Waals surface area contributed by atoms with Gasteiger partial charge in [-0.15, -0.1) is 0 Å². The van der Waals surface area contributed by atoms with E-state index in [0.29, 0.717) is 13.1 Å². The summed E-state index contributed by atoms with van der Waals surface area (Å²) >= 11 is 0. The topological polar surface area (TPSA) is 9.23 Å². The van der Waals surface area contributed by atoms with Gasteiger partial charge in [-0.25, -0.2) is 35.1 Å². The van der Waals surface area contributed by atoms with Crippen molar-refractivity contribution in [3.05, 3.63) is 29.1 Å². The Morgan fingerprint density at radius 3 is 1.52 bits per heavy atom. The van der Waals surface area contributed by atoms with E-state index in [-0.39, 0.29) is 0 Å². The monoisotopic (exact) mass is 406 g/mol. The van der Waals surface area contributed by atoms with E-state index in [1.165, 1.54) is 0 Å². The van der Waals surface area contributed by atoms with E-state index in [1.807, 2.05) is 0 Å². The van der Waals surface area contributed by atoms with Crippen LogP contribution in [0.15, 0.2) is 0 Å². The van der Waals surface area contributed by atoms with Crippen LogP contribution in [-0.4, -0.2) is 33.2 Å². The summed E-state index contributed by atoms with van der Waals surface area (Å²) in [6, 6.07) is 0. The van der Waals surface area contributed by atoms with E-state index in [4.69, 9.17) is 0 Å². The molecule has 1 nitrogen and oxygen atoms in total. The number of rotatable bonds is 5. The molecular formula is C12H9F11OSi. The molecule has 0 saturated carbocycles. The lowest BCUT2D eigenvalue weighted by molar-refractivity contribution is -0.250. The van der Waals surface area contributed by atoms with Crippen molar-refractivity contribution in [2.24, 2.45) is 0 Å². The second-order valence-electron chi connectivity index (χ2n) is 5.41. The molecule has 0 fully saturated rings. The first-order valence-corrected chi connectivity index (χ1v) is 9.19. The number of hydrogen-bond acceptors (Lipinski definition) is 1. The first-order chi connectivity index (χ1) is 11.0. The maximum absolute atomic E-state index is 13.7. The van der Waals surface area contributed by atoms with Crippen LogP contribution in [-0.2, 0) is 4.43 Å². The first-order valence-electron chi connectivity index (χ1n) is 6.28. The van der Waals surface area contributed by atoms with Gasteiger partial charge < -0.3 is 4.43 Å². The van der Waals surface area contributed by atoms with Gasteiger partial charge in [0, 0.05) is 5.19 Å². The zero-order valence-electron chi connectivity index (χ0n) is 12.4. The average Bonchev–Trinajstić information content (AvgIpc) is 2.47. The molecule has 0 aliphatic carbocycles.